The summed E-state index contributed by atoms with van der Waals surface area (Å²) in [5.74, 6) is -0.935. The standard InChI is InChI=1S/C17H22BF4NO2/c1-15(2)16(3,4)25-18(24-15)12(10-23-5)8-11-6-7-13(19)9-14(11)17(20,21)22/h6-9,23H,10H2,1-5H3. The second-order valence-electron chi connectivity index (χ2n) is 7.07. The first-order valence-electron chi connectivity index (χ1n) is 7.95. The number of rotatable bonds is 4. The molecular weight excluding hydrogens is 337 g/mol. The van der Waals surface area contributed by atoms with E-state index in [1.165, 1.54) is 6.08 Å². The van der Waals surface area contributed by atoms with Gasteiger partial charge in [-0.1, -0.05) is 12.1 Å². The minimum atomic E-state index is -4.66. The van der Waals surface area contributed by atoms with E-state index in [1.807, 2.05) is 27.7 Å². The van der Waals surface area contributed by atoms with Gasteiger partial charge in [-0.25, -0.2) is 4.39 Å². The summed E-state index contributed by atoms with van der Waals surface area (Å²) in [5, 5.41) is 2.91. The lowest BCUT2D eigenvalue weighted by molar-refractivity contribution is -0.137. The highest BCUT2D eigenvalue weighted by atomic mass is 19.4. The van der Waals surface area contributed by atoms with Crippen LogP contribution >= 0.6 is 0 Å². The van der Waals surface area contributed by atoms with Crippen LogP contribution in [0.1, 0.15) is 38.8 Å². The minimum Gasteiger partial charge on any atom is -0.400 e. The molecule has 1 aliphatic rings. The van der Waals surface area contributed by atoms with E-state index in [2.05, 4.69) is 5.32 Å². The van der Waals surface area contributed by atoms with E-state index in [-0.39, 0.29) is 12.1 Å². The maximum absolute atomic E-state index is 13.3. The molecule has 0 spiro atoms. The van der Waals surface area contributed by atoms with Crippen LogP contribution in [0.3, 0.4) is 0 Å². The fourth-order valence-corrected chi connectivity index (χ4v) is 2.50. The molecule has 0 radical (unpaired) electrons. The third kappa shape index (κ3) is 4.24. The van der Waals surface area contributed by atoms with Gasteiger partial charge in [-0.3, -0.25) is 0 Å². The van der Waals surface area contributed by atoms with Crippen molar-refractivity contribution in [2.24, 2.45) is 0 Å². The summed E-state index contributed by atoms with van der Waals surface area (Å²) >= 11 is 0. The van der Waals surface area contributed by atoms with E-state index in [4.69, 9.17) is 9.31 Å². The van der Waals surface area contributed by atoms with E-state index in [0.29, 0.717) is 11.5 Å². The van der Waals surface area contributed by atoms with Gasteiger partial charge in [-0.2, -0.15) is 13.2 Å². The van der Waals surface area contributed by atoms with E-state index >= 15 is 0 Å². The second-order valence-corrected chi connectivity index (χ2v) is 7.07. The van der Waals surface area contributed by atoms with Crippen LogP contribution in [0.25, 0.3) is 6.08 Å². The Morgan fingerprint density at radius 1 is 1.16 bits per heavy atom. The Kier molecular flexibility index (Phi) is 5.38. The van der Waals surface area contributed by atoms with Crippen molar-refractivity contribution < 1.29 is 26.9 Å². The number of likely N-dealkylation sites (N-methyl/N-ethyl adjacent to an activating group) is 1. The third-order valence-corrected chi connectivity index (χ3v) is 4.60. The molecule has 138 valence electrons. The lowest BCUT2D eigenvalue weighted by atomic mass is 9.76. The van der Waals surface area contributed by atoms with Crippen molar-refractivity contribution in [2.45, 2.75) is 45.1 Å². The fraction of sp³-hybridized carbons (Fsp3) is 0.529. The maximum Gasteiger partial charge on any atom is 0.491 e. The first-order valence-corrected chi connectivity index (χ1v) is 7.95. The molecule has 1 heterocycles. The number of alkyl halides is 3. The van der Waals surface area contributed by atoms with Crippen molar-refractivity contribution in [2.75, 3.05) is 13.6 Å². The molecule has 0 aliphatic carbocycles. The van der Waals surface area contributed by atoms with Gasteiger partial charge in [0, 0.05) is 6.54 Å². The number of hydrogen-bond acceptors (Lipinski definition) is 3. The van der Waals surface area contributed by atoms with Crippen LogP contribution in [0.15, 0.2) is 23.7 Å². The molecular formula is C17H22BF4NO2. The van der Waals surface area contributed by atoms with Crippen LogP contribution in [0.5, 0.6) is 0 Å². The molecule has 25 heavy (non-hydrogen) atoms. The zero-order valence-corrected chi connectivity index (χ0v) is 14.9. The molecule has 1 aromatic carbocycles. The molecule has 2 rings (SSSR count). The monoisotopic (exact) mass is 359 g/mol. The summed E-state index contributed by atoms with van der Waals surface area (Å²) < 4.78 is 64.8. The van der Waals surface area contributed by atoms with Gasteiger partial charge in [0.2, 0.25) is 0 Å². The number of nitrogens with one attached hydrogen (secondary N) is 1. The number of hydrogen-bond donors (Lipinski definition) is 1. The van der Waals surface area contributed by atoms with Crippen LogP contribution in [-0.2, 0) is 15.5 Å². The molecule has 8 heteroatoms. The van der Waals surface area contributed by atoms with E-state index in [1.54, 1.807) is 7.05 Å². The SMILES string of the molecule is CNCC(=Cc1ccc(F)cc1C(F)(F)F)B1OC(C)(C)C(C)(C)O1. The largest absolute Gasteiger partial charge is 0.491 e. The minimum absolute atomic E-state index is 0.131. The first kappa shape index (κ1) is 19.9. The zero-order chi connectivity index (χ0) is 19.0. The van der Waals surface area contributed by atoms with Crippen molar-refractivity contribution in [1.29, 1.82) is 0 Å². The predicted octanol–water partition coefficient (Wildman–Crippen LogP) is 4.08. The Labute approximate surface area is 145 Å². The number of halogens is 4. The summed E-state index contributed by atoms with van der Waals surface area (Å²) in [6.45, 7) is 7.73. The summed E-state index contributed by atoms with van der Waals surface area (Å²) in [7, 11) is 0.887. The predicted molar refractivity (Wildman–Crippen MR) is 89.4 cm³/mol. The summed E-state index contributed by atoms with van der Waals surface area (Å²) in [6.07, 6.45) is -3.31. The second kappa shape index (κ2) is 6.74. The Bertz CT molecular complexity index is 655. The molecule has 1 saturated heterocycles. The molecule has 0 amide bonds. The normalized spacial score (nSPS) is 20.2. The van der Waals surface area contributed by atoms with Crippen molar-refractivity contribution in [3.63, 3.8) is 0 Å². The topological polar surface area (TPSA) is 30.5 Å². The highest BCUT2D eigenvalue weighted by Crippen LogP contribution is 2.39. The average molecular weight is 359 g/mol. The molecule has 1 N–H and O–H groups in total. The highest BCUT2D eigenvalue weighted by molar-refractivity contribution is 6.55. The van der Waals surface area contributed by atoms with Crippen LogP contribution in [0, 0.1) is 5.82 Å². The Balaban J connectivity index is 2.46. The number of benzene rings is 1. The van der Waals surface area contributed by atoms with Gasteiger partial charge in [0.25, 0.3) is 0 Å². The van der Waals surface area contributed by atoms with Gasteiger partial charge in [0.05, 0.1) is 16.8 Å². The van der Waals surface area contributed by atoms with Crippen LogP contribution < -0.4 is 5.32 Å². The molecule has 0 aromatic heterocycles. The summed E-state index contributed by atoms with van der Waals surface area (Å²) in [4.78, 5) is 0. The lowest BCUT2D eigenvalue weighted by Crippen LogP contribution is -2.41. The van der Waals surface area contributed by atoms with Crippen molar-refractivity contribution in [3.05, 3.63) is 40.6 Å². The summed E-state index contributed by atoms with van der Waals surface area (Å²) in [6, 6.07) is 2.61. The highest BCUT2D eigenvalue weighted by Gasteiger charge is 2.52. The molecule has 3 nitrogen and oxygen atoms in total. The van der Waals surface area contributed by atoms with Crippen molar-refractivity contribution in [3.8, 4) is 0 Å². The molecule has 0 saturated carbocycles. The lowest BCUT2D eigenvalue weighted by Gasteiger charge is -2.32. The van der Waals surface area contributed by atoms with Gasteiger partial charge in [-0.15, -0.1) is 0 Å². The van der Waals surface area contributed by atoms with Crippen molar-refractivity contribution >= 4 is 13.2 Å². The average Bonchev–Trinajstić information content (AvgIpc) is 2.67. The van der Waals surface area contributed by atoms with Crippen LogP contribution in [-0.4, -0.2) is 31.9 Å². The maximum atomic E-state index is 13.3. The van der Waals surface area contributed by atoms with Gasteiger partial charge in [-0.05, 0) is 57.9 Å². The van der Waals surface area contributed by atoms with E-state index < -0.39 is 35.9 Å². The molecule has 1 aliphatic heterocycles. The van der Waals surface area contributed by atoms with Gasteiger partial charge in [0.15, 0.2) is 0 Å². The van der Waals surface area contributed by atoms with Gasteiger partial charge in [0.1, 0.15) is 5.82 Å². The van der Waals surface area contributed by atoms with E-state index in [0.717, 1.165) is 12.1 Å². The fourth-order valence-electron chi connectivity index (χ4n) is 2.50. The molecule has 0 bridgehead atoms. The zero-order valence-electron chi connectivity index (χ0n) is 14.9. The smallest absolute Gasteiger partial charge is 0.400 e. The summed E-state index contributed by atoms with van der Waals surface area (Å²) in [5.41, 5.74) is -1.88. The molecule has 1 fully saturated rings. The quantitative estimate of drug-likeness (QED) is 0.649. The third-order valence-electron chi connectivity index (χ3n) is 4.60. The van der Waals surface area contributed by atoms with Crippen molar-refractivity contribution in [1.82, 2.24) is 5.32 Å². The Morgan fingerprint density at radius 3 is 2.20 bits per heavy atom. The van der Waals surface area contributed by atoms with Gasteiger partial charge >= 0.3 is 13.3 Å². The Hall–Kier alpha value is -1.38. The molecule has 0 atom stereocenters. The Morgan fingerprint density at radius 2 is 1.72 bits per heavy atom. The molecule has 0 unspecified atom stereocenters. The molecule has 1 aromatic rings. The first-order chi connectivity index (χ1) is 11.4. The van der Waals surface area contributed by atoms with Crippen LogP contribution in [0.4, 0.5) is 17.6 Å². The van der Waals surface area contributed by atoms with Crippen LogP contribution in [0.2, 0.25) is 0 Å². The van der Waals surface area contributed by atoms with E-state index in [9.17, 15) is 17.6 Å². The van der Waals surface area contributed by atoms with Gasteiger partial charge < -0.3 is 14.6 Å².